The third-order valence-corrected chi connectivity index (χ3v) is 15.2. The molecular formula is C73H65N4OPt-3. The van der Waals surface area contributed by atoms with E-state index in [0.717, 1.165) is 83.5 Å². The summed E-state index contributed by atoms with van der Waals surface area (Å²) in [6.07, 6.45) is 1.70. The van der Waals surface area contributed by atoms with Gasteiger partial charge in [-0.25, -0.2) is 4.98 Å². The Morgan fingerprint density at radius 1 is 0.481 bits per heavy atom. The smallest absolute Gasteiger partial charge is 0.135 e. The summed E-state index contributed by atoms with van der Waals surface area (Å²) in [7, 11) is 0. The number of ether oxygens (including phenoxy) is 1. The number of hydrogen-bond acceptors (Lipinski definition) is 4. The maximum absolute atomic E-state index is 8.86. The Kier molecular flexibility index (Phi) is 12.9. The number of anilines is 4. The zero-order valence-corrected chi connectivity index (χ0v) is 48.5. The zero-order valence-electron chi connectivity index (χ0n) is 49.2. The standard InChI is InChI=1S/C73H65N4O.Pt/c1-48-42-68(74-46-63(48)52-34-40-55(41-35-52)73(8,9)10)77-64-27-15-14-24-61(64)69-62(51-32-38-54(39-33-51)72(5,6)7)44-58(45-67(69)77)78-57-23-18-22-56(43-57)75-47-76(66-29-17-16-28-65(66)75)70-59(49-20-12-11-13-21-49)25-19-26-60(70)50-30-36-53(37-31-50)71(2,3)4;/h11-42,44,46-47H,1-10H3;/q-3;/i1D3;. The quantitative estimate of drug-likeness (QED) is 0.135. The van der Waals surface area contributed by atoms with Crippen molar-refractivity contribution in [3.8, 4) is 61.8 Å². The van der Waals surface area contributed by atoms with Crippen LogP contribution in [0.4, 0.5) is 22.7 Å². The third-order valence-electron chi connectivity index (χ3n) is 15.2. The second kappa shape index (κ2) is 20.7. The van der Waals surface area contributed by atoms with Crippen LogP contribution in [0.15, 0.2) is 206 Å². The summed E-state index contributed by atoms with van der Waals surface area (Å²) >= 11 is 0. The largest absolute Gasteiger partial charge is 0.509 e. The average molecular weight is 1210 g/mol. The molecular weight excluding hydrogens is 1140 g/mol. The number of aryl methyl sites for hydroxylation is 1. The van der Waals surface area contributed by atoms with Crippen molar-refractivity contribution in [2.45, 2.75) is 85.4 Å². The van der Waals surface area contributed by atoms with E-state index in [1.54, 1.807) is 12.3 Å². The Hall–Kier alpha value is -7.98. The zero-order chi connectivity index (χ0) is 56.6. The van der Waals surface area contributed by atoms with Crippen molar-refractivity contribution in [1.82, 2.24) is 9.55 Å². The molecule has 6 heteroatoms. The van der Waals surface area contributed by atoms with E-state index in [4.69, 9.17) is 13.8 Å². The Labute approximate surface area is 485 Å². The van der Waals surface area contributed by atoms with Crippen molar-refractivity contribution in [3.63, 3.8) is 0 Å². The van der Waals surface area contributed by atoms with E-state index >= 15 is 0 Å². The van der Waals surface area contributed by atoms with Gasteiger partial charge in [0.15, 0.2) is 0 Å². The van der Waals surface area contributed by atoms with Crippen molar-refractivity contribution < 1.29 is 29.9 Å². The molecule has 0 N–H and O–H groups in total. The summed E-state index contributed by atoms with van der Waals surface area (Å²) < 4.78 is 35.6. The molecule has 0 radical (unpaired) electrons. The summed E-state index contributed by atoms with van der Waals surface area (Å²) in [6.45, 7) is 19.6. The van der Waals surface area contributed by atoms with Crippen molar-refractivity contribution in [3.05, 3.63) is 247 Å². The molecule has 0 aliphatic carbocycles. The maximum Gasteiger partial charge on any atom is 0.135 e. The molecule has 79 heavy (non-hydrogen) atoms. The molecule has 0 atom stereocenters. The van der Waals surface area contributed by atoms with E-state index in [1.807, 2.05) is 41.0 Å². The van der Waals surface area contributed by atoms with Gasteiger partial charge in [0.1, 0.15) is 5.82 Å². The number of rotatable bonds is 9. The number of pyridine rings is 1. The molecule has 0 spiro atoms. The minimum Gasteiger partial charge on any atom is -0.509 e. The number of benzene rings is 9. The first kappa shape index (κ1) is 49.3. The van der Waals surface area contributed by atoms with Crippen LogP contribution in [-0.2, 0) is 37.3 Å². The molecule has 12 rings (SSSR count). The number of nitrogens with zero attached hydrogens (tertiary/aromatic N) is 4. The van der Waals surface area contributed by atoms with Crippen LogP contribution in [0.2, 0.25) is 0 Å². The molecule has 9 aromatic carbocycles. The van der Waals surface area contributed by atoms with E-state index < -0.39 is 6.85 Å². The Morgan fingerprint density at radius 3 is 1.59 bits per heavy atom. The van der Waals surface area contributed by atoms with E-state index in [0.29, 0.717) is 28.4 Å². The third kappa shape index (κ3) is 10.1. The summed E-state index contributed by atoms with van der Waals surface area (Å²) in [6, 6.07) is 76.9. The monoisotopic (exact) mass is 1210 g/mol. The molecule has 3 heterocycles. The van der Waals surface area contributed by atoms with Gasteiger partial charge in [-0.05, 0) is 97.3 Å². The van der Waals surface area contributed by atoms with Gasteiger partial charge in [-0.15, -0.1) is 48.3 Å². The van der Waals surface area contributed by atoms with E-state index in [1.165, 1.54) is 11.1 Å². The first-order chi connectivity index (χ1) is 38.7. The Bertz CT molecular complexity index is 4150. The van der Waals surface area contributed by atoms with Crippen LogP contribution in [-0.4, -0.2) is 9.55 Å². The van der Waals surface area contributed by atoms with Gasteiger partial charge in [0, 0.05) is 82.1 Å². The molecule has 5 nitrogen and oxygen atoms in total. The van der Waals surface area contributed by atoms with Gasteiger partial charge in [0.25, 0.3) is 0 Å². The van der Waals surface area contributed by atoms with Crippen LogP contribution in [0.3, 0.4) is 0 Å². The van der Waals surface area contributed by atoms with Crippen molar-refractivity contribution in [2.24, 2.45) is 0 Å². The molecule has 1 aliphatic heterocycles. The van der Waals surface area contributed by atoms with Crippen molar-refractivity contribution in [2.75, 3.05) is 9.80 Å². The van der Waals surface area contributed by atoms with Gasteiger partial charge in [0.2, 0.25) is 0 Å². The van der Waals surface area contributed by atoms with Gasteiger partial charge >= 0.3 is 0 Å². The van der Waals surface area contributed by atoms with Gasteiger partial charge in [0.05, 0.1) is 0 Å². The van der Waals surface area contributed by atoms with E-state index in [9.17, 15) is 0 Å². The molecule has 0 fully saturated rings. The molecule has 11 aromatic rings. The fourth-order valence-electron chi connectivity index (χ4n) is 10.9. The predicted octanol–water partition coefficient (Wildman–Crippen LogP) is 19.8. The topological polar surface area (TPSA) is 33.5 Å². The first-order valence-corrected chi connectivity index (χ1v) is 26.9. The van der Waals surface area contributed by atoms with Crippen LogP contribution in [0.5, 0.6) is 11.5 Å². The van der Waals surface area contributed by atoms with Crippen LogP contribution in [0.25, 0.3) is 72.1 Å². The van der Waals surface area contributed by atoms with Crippen LogP contribution < -0.4 is 14.5 Å². The van der Waals surface area contributed by atoms with Gasteiger partial charge < -0.3 is 19.1 Å². The molecule has 1 aliphatic rings. The normalized spacial score (nSPS) is 13.5. The van der Waals surface area contributed by atoms with E-state index in [-0.39, 0.29) is 42.9 Å². The molecule has 0 unspecified atom stereocenters. The number of para-hydroxylation sites is 4. The Balaban J connectivity index is 0.00000705. The van der Waals surface area contributed by atoms with Gasteiger partial charge in [-0.2, -0.15) is 6.07 Å². The molecule has 0 bridgehead atoms. The molecule has 2 aromatic heterocycles. The minimum absolute atomic E-state index is 0. The first-order valence-electron chi connectivity index (χ1n) is 28.4. The van der Waals surface area contributed by atoms with Gasteiger partial charge in [-0.3, -0.25) is 0 Å². The summed E-state index contributed by atoms with van der Waals surface area (Å²) in [5, 5.41) is 1.92. The maximum atomic E-state index is 8.86. The van der Waals surface area contributed by atoms with Crippen molar-refractivity contribution in [1.29, 1.82) is 0 Å². The number of hydrogen-bond donors (Lipinski definition) is 0. The second-order valence-corrected chi connectivity index (χ2v) is 23.6. The van der Waals surface area contributed by atoms with Crippen molar-refractivity contribution >= 4 is 44.6 Å². The number of aromatic nitrogens is 2. The molecule has 0 saturated heterocycles. The average Bonchev–Trinajstić information content (AvgIpc) is 3.76. The Morgan fingerprint density at radius 2 is 1.00 bits per heavy atom. The molecule has 0 amide bonds. The van der Waals surface area contributed by atoms with Crippen LogP contribution >= 0.6 is 0 Å². The summed E-state index contributed by atoms with van der Waals surface area (Å²) in [5.74, 6) is 1.43. The summed E-state index contributed by atoms with van der Waals surface area (Å²) in [4.78, 5) is 9.58. The molecule has 0 saturated carbocycles. The summed E-state index contributed by atoms with van der Waals surface area (Å²) in [5.41, 5.74) is 17.0. The predicted molar refractivity (Wildman–Crippen MR) is 327 cm³/mol. The molecule has 396 valence electrons. The SMILES string of the molecule is [2H]C([2H])([2H])c1cc(-n2c3[c-]c(Oc4[c-]c(N5[CH-]N(c6c(-c7ccccc7)cccc6-c6ccc(C(C)(C)C)cc6)c6ccccc65)ccc4)cc(-c4ccc(C(C)(C)C)cc4)c3c3ccccc32)ncc1-c1ccc(C(C)(C)C)cc1.[Pt]. The minimum atomic E-state index is -2.44. The van der Waals surface area contributed by atoms with Gasteiger partial charge in [-0.1, -0.05) is 225 Å². The van der Waals surface area contributed by atoms with Crippen LogP contribution in [0, 0.1) is 25.7 Å². The van der Waals surface area contributed by atoms with E-state index in [2.05, 4.69) is 249 Å². The van der Waals surface area contributed by atoms with Crippen LogP contribution in [0.1, 0.15) is 88.7 Å². The fraction of sp³-hybridized carbons (Fsp3) is 0.178. The second-order valence-electron chi connectivity index (χ2n) is 23.6. The fourth-order valence-corrected chi connectivity index (χ4v) is 10.9. The number of fused-ring (bicyclic) bond motifs is 4.